The van der Waals surface area contributed by atoms with Crippen molar-refractivity contribution in [3.63, 3.8) is 0 Å². The third-order valence-electron chi connectivity index (χ3n) is 4.70. The van der Waals surface area contributed by atoms with E-state index in [9.17, 15) is 9.90 Å². The quantitative estimate of drug-likeness (QED) is 0.921. The standard InChI is InChI=1S/C17H23NO3/c19-17(20)14-7-4-8-15-16(14)21-12-11-18(15)10-9-13-5-2-1-3-6-13/h4,7-8,13H,1-3,5-6,9-12H2,(H,19,20). The second-order valence-electron chi connectivity index (χ2n) is 6.09. The molecule has 2 aliphatic rings. The number of carboxylic acids is 1. The van der Waals surface area contributed by atoms with Crippen molar-refractivity contribution in [3.8, 4) is 5.75 Å². The summed E-state index contributed by atoms with van der Waals surface area (Å²) in [5.74, 6) is 0.466. The van der Waals surface area contributed by atoms with E-state index < -0.39 is 5.97 Å². The summed E-state index contributed by atoms with van der Waals surface area (Å²) >= 11 is 0. The Labute approximate surface area is 125 Å². The van der Waals surface area contributed by atoms with Gasteiger partial charge in [-0.05, 0) is 24.5 Å². The van der Waals surface area contributed by atoms with Crippen LogP contribution in [0, 0.1) is 5.92 Å². The Morgan fingerprint density at radius 1 is 1.29 bits per heavy atom. The lowest BCUT2D eigenvalue weighted by atomic mass is 9.87. The molecule has 114 valence electrons. The van der Waals surface area contributed by atoms with Crippen molar-refractivity contribution in [1.29, 1.82) is 0 Å². The van der Waals surface area contributed by atoms with Crippen molar-refractivity contribution >= 4 is 11.7 Å². The SMILES string of the molecule is O=C(O)c1cccc2c1OCCN2CCC1CCCCC1. The summed E-state index contributed by atoms with van der Waals surface area (Å²) < 4.78 is 5.62. The average molecular weight is 289 g/mol. The zero-order valence-electron chi connectivity index (χ0n) is 12.4. The molecule has 0 spiro atoms. The number of carbonyl (C=O) groups is 1. The molecule has 1 heterocycles. The van der Waals surface area contributed by atoms with Crippen molar-refractivity contribution in [2.75, 3.05) is 24.6 Å². The van der Waals surface area contributed by atoms with Gasteiger partial charge < -0.3 is 14.7 Å². The molecular formula is C17H23NO3. The summed E-state index contributed by atoms with van der Waals surface area (Å²) in [6.45, 7) is 2.43. The highest BCUT2D eigenvalue weighted by Gasteiger charge is 2.24. The van der Waals surface area contributed by atoms with E-state index in [1.807, 2.05) is 12.1 Å². The normalized spacial score (nSPS) is 19.0. The van der Waals surface area contributed by atoms with Gasteiger partial charge in [-0.3, -0.25) is 0 Å². The topological polar surface area (TPSA) is 49.8 Å². The molecule has 0 bridgehead atoms. The van der Waals surface area contributed by atoms with Crippen LogP contribution in [0.15, 0.2) is 18.2 Å². The van der Waals surface area contributed by atoms with Crippen LogP contribution in [0.5, 0.6) is 5.75 Å². The fraction of sp³-hybridized carbons (Fsp3) is 0.588. The Bertz CT molecular complexity index is 509. The third kappa shape index (κ3) is 3.14. The van der Waals surface area contributed by atoms with Crippen LogP contribution >= 0.6 is 0 Å². The Hall–Kier alpha value is -1.71. The molecule has 1 aliphatic carbocycles. The lowest BCUT2D eigenvalue weighted by Gasteiger charge is -2.33. The molecule has 0 unspecified atom stereocenters. The molecule has 0 atom stereocenters. The average Bonchev–Trinajstić information content (AvgIpc) is 2.53. The summed E-state index contributed by atoms with van der Waals surface area (Å²) in [5, 5.41) is 9.26. The molecule has 4 nitrogen and oxygen atoms in total. The minimum Gasteiger partial charge on any atom is -0.489 e. The second-order valence-corrected chi connectivity index (χ2v) is 6.09. The smallest absolute Gasteiger partial charge is 0.339 e. The molecule has 1 fully saturated rings. The van der Waals surface area contributed by atoms with E-state index in [1.165, 1.54) is 38.5 Å². The Balaban J connectivity index is 1.71. The first kappa shape index (κ1) is 14.2. The number of rotatable bonds is 4. The van der Waals surface area contributed by atoms with Crippen molar-refractivity contribution < 1.29 is 14.6 Å². The van der Waals surface area contributed by atoms with E-state index in [0.717, 1.165) is 24.7 Å². The summed E-state index contributed by atoms with van der Waals surface area (Å²) in [6.07, 6.45) is 8.04. The van der Waals surface area contributed by atoms with Gasteiger partial charge in [0.2, 0.25) is 0 Å². The lowest BCUT2D eigenvalue weighted by Crippen LogP contribution is -2.35. The van der Waals surface area contributed by atoms with Gasteiger partial charge in [0.25, 0.3) is 0 Å². The zero-order valence-corrected chi connectivity index (χ0v) is 12.4. The van der Waals surface area contributed by atoms with Crippen molar-refractivity contribution in [3.05, 3.63) is 23.8 Å². The van der Waals surface area contributed by atoms with Gasteiger partial charge in [0.15, 0.2) is 5.75 Å². The highest BCUT2D eigenvalue weighted by atomic mass is 16.5. The zero-order chi connectivity index (χ0) is 14.7. The molecule has 21 heavy (non-hydrogen) atoms. The minimum atomic E-state index is -0.916. The van der Waals surface area contributed by atoms with E-state index >= 15 is 0 Å². The molecule has 3 rings (SSSR count). The van der Waals surface area contributed by atoms with Crippen LogP contribution < -0.4 is 9.64 Å². The van der Waals surface area contributed by atoms with Crippen LogP contribution in [-0.4, -0.2) is 30.8 Å². The van der Waals surface area contributed by atoms with Gasteiger partial charge in [-0.15, -0.1) is 0 Å². The molecule has 0 saturated heterocycles. The van der Waals surface area contributed by atoms with Crippen LogP contribution in [0.25, 0.3) is 0 Å². The monoisotopic (exact) mass is 289 g/mol. The number of hydrogen-bond acceptors (Lipinski definition) is 3. The van der Waals surface area contributed by atoms with Gasteiger partial charge in [-0.1, -0.05) is 38.2 Å². The van der Waals surface area contributed by atoms with Crippen molar-refractivity contribution in [2.45, 2.75) is 38.5 Å². The number of benzene rings is 1. The molecule has 0 radical (unpaired) electrons. The number of aromatic carboxylic acids is 1. The Morgan fingerprint density at radius 3 is 2.86 bits per heavy atom. The molecule has 1 aliphatic heterocycles. The van der Waals surface area contributed by atoms with E-state index in [1.54, 1.807) is 6.07 Å². The van der Waals surface area contributed by atoms with Gasteiger partial charge in [0.1, 0.15) is 12.2 Å². The minimum absolute atomic E-state index is 0.273. The second kappa shape index (κ2) is 6.37. The fourth-order valence-corrected chi connectivity index (χ4v) is 3.52. The maximum absolute atomic E-state index is 11.3. The maximum Gasteiger partial charge on any atom is 0.339 e. The van der Waals surface area contributed by atoms with E-state index in [0.29, 0.717) is 12.4 Å². The molecule has 0 amide bonds. The highest BCUT2D eigenvalue weighted by Crippen LogP contribution is 2.36. The number of fused-ring (bicyclic) bond motifs is 1. The van der Waals surface area contributed by atoms with Crippen LogP contribution in [0.1, 0.15) is 48.9 Å². The van der Waals surface area contributed by atoms with E-state index in [-0.39, 0.29) is 5.56 Å². The van der Waals surface area contributed by atoms with Crippen LogP contribution in [0.3, 0.4) is 0 Å². The first-order valence-corrected chi connectivity index (χ1v) is 8.00. The van der Waals surface area contributed by atoms with Crippen molar-refractivity contribution in [2.24, 2.45) is 5.92 Å². The summed E-state index contributed by atoms with van der Waals surface area (Å²) in [6, 6.07) is 5.40. The first-order chi connectivity index (χ1) is 10.3. The van der Waals surface area contributed by atoms with E-state index in [4.69, 9.17) is 4.74 Å². The number of ether oxygens (including phenoxy) is 1. The van der Waals surface area contributed by atoms with Crippen LogP contribution in [-0.2, 0) is 0 Å². The number of anilines is 1. The molecule has 4 heteroatoms. The summed E-state index contributed by atoms with van der Waals surface area (Å²) in [5.41, 5.74) is 1.21. The first-order valence-electron chi connectivity index (χ1n) is 8.00. The lowest BCUT2D eigenvalue weighted by molar-refractivity contribution is 0.0692. The largest absolute Gasteiger partial charge is 0.489 e. The summed E-state index contributed by atoms with van der Waals surface area (Å²) in [7, 11) is 0. The van der Waals surface area contributed by atoms with Crippen LogP contribution in [0.2, 0.25) is 0 Å². The van der Waals surface area contributed by atoms with Gasteiger partial charge in [-0.25, -0.2) is 4.79 Å². The predicted octanol–water partition coefficient (Wildman–Crippen LogP) is 3.55. The predicted molar refractivity (Wildman–Crippen MR) is 82.3 cm³/mol. The van der Waals surface area contributed by atoms with Gasteiger partial charge >= 0.3 is 5.97 Å². The van der Waals surface area contributed by atoms with Gasteiger partial charge in [0.05, 0.1) is 12.2 Å². The van der Waals surface area contributed by atoms with Gasteiger partial charge in [-0.2, -0.15) is 0 Å². The molecular weight excluding hydrogens is 266 g/mol. The molecule has 1 aromatic carbocycles. The Kier molecular flexibility index (Phi) is 4.32. The van der Waals surface area contributed by atoms with Crippen molar-refractivity contribution in [1.82, 2.24) is 0 Å². The van der Waals surface area contributed by atoms with E-state index in [2.05, 4.69) is 4.90 Å². The summed E-state index contributed by atoms with van der Waals surface area (Å²) in [4.78, 5) is 13.6. The molecule has 1 aromatic rings. The highest BCUT2D eigenvalue weighted by molar-refractivity contribution is 5.93. The third-order valence-corrected chi connectivity index (χ3v) is 4.70. The number of nitrogens with zero attached hydrogens (tertiary/aromatic N) is 1. The maximum atomic E-state index is 11.3. The molecule has 0 aromatic heterocycles. The molecule has 1 saturated carbocycles. The van der Waals surface area contributed by atoms with Gasteiger partial charge in [0, 0.05) is 6.54 Å². The number of carboxylic acid groups (broad SMARTS) is 1. The Morgan fingerprint density at radius 2 is 2.10 bits per heavy atom. The number of para-hydroxylation sites is 1. The number of hydrogen-bond donors (Lipinski definition) is 1. The molecule has 1 N–H and O–H groups in total. The van der Waals surface area contributed by atoms with Crippen LogP contribution in [0.4, 0.5) is 5.69 Å². The fourth-order valence-electron chi connectivity index (χ4n) is 3.52.